The van der Waals surface area contributed by atoms with E-state index in [0.29, 0.717) is 5.59 Å². The molecule has 1 aliphatic heterocycles. The standard InChI is InChI=1S/C14H22BNO3/c1-10(2)17-11-8-7-9-16-12(11)15-18-13(3,4)14(5,6)19-15/h7-10H,1-6H3. The molecule has 4 nitrogen and oxygen atoms in total. The summed E-state index contributed by atoms with van der Waals surface area (Å²) >= 11 is 0. The van der Waals surface area contributed by atoms with E-state index < -0.39 is 7.12 Å². The molecule has 2 heterocycles. The van der Waals surface area contributed by atoms with Gasteiger partial charge in [0.1, 0.15) is 11.3 Å². The molecule has 1 aromatic heterocycles. The summed E-state index contributed by atoms with van der Waals surface area (Å²) < 4.78 is 17.8. The van der Waals surface area contributed by atoms with Crippen LogP contribution in [0, 0.1) is 0 Å². The first-order chi connectivity index (χ1) is 8.73. The van der Waals surface area contributed by atoms with Gasteiger partial charge >= 0.3 is 7.12 Å². The van der Waals surface area contributed by atoms with E-state index in [0.717, 1.165) is 5.75 Å². The summed E-state index contributed by atoms with van der Waals surface area (Å²) in [5.41, 5.74) is -0.0379. The minimum atomic E-state index is -0.486. The normalized spacial score (nSPS) is 20.9. The molecule has 0 spiro atoms. The molecule has 1 fully saturated rings. The van der Waals surface area contributed by atoms with Crippen LogP contribution in [0.2, 0.25) is 0 Å². The van der Waals surface area contributed by atoms with Crippen molar-refractivity contribution in [3.8, 4) is 5.75 Å². The number of ether oxygens (including phenoxy) is 1. The maximum absolute atomic E-state index is 6.01. The van der Waals surface area contributed by atoms with Crippen molar-refractivity contribution in [2.75, 3.05) is 0 Å². The number of pyridine rings is 1. The van der Waals surface area contributed by atoms with Crippen molar-refractivity contribution >= 4 is 12.7 Å². The largest absolute Gasteiger partial charge is 0.518 e. The summed E-state index contributed by atoms with van der Waals surface area (Å²) in [6, 6.07) is 3.75. The van der Waals surface area contributed by atoms with Gasteiger partial charge in [-0.15, -0.1) is 0 Å². The highest BCUT2D eigenvalue weighted by molar-refractivity contribution is 6.62. The van der Waals surface area contributed by atoms with Crippen LogP contribution in [0.4, 0.5) is 0 Å². The third kappa shape index (κ3) is 2.77. The van der Waals surface area contributed by atoms with E-state index in [9.17, 15) is 0 Å². The molecule has 0 aromatic carbocycles. The number of rotatable bonds is 3. The van der Waals surface area contributed by atoms with Gasteiger partial charge in [0.2, 0.25) is 0 Å². The van der Waals surface area contributed by atoms with Crippen molar-refractivity contribution in [2.24, 2.45) is 0 Å². The molecule has 2 rings (SSSR count). The molecule has 19 heavy (non-hydrogen) atoms. The minimum Gasteiger partial charge on any atom is -0.490 e. The zero-order valence-electron chi connectivity index (χ0n) is 12.6. The molecule has 0 bridgehead atoms. The van der Waals surface area contributed by atoms with Gasteiger partial charge in [0, 0.05) is 6.20 Å². The Morgan fingerprint density at radius 3 is 2.26 bits per heavy atom. The van der Waals surface area contributed by atoms with E-state index in [1.807, 2.05) is 53.7 Å². The van der Waals surface area contributed by atoms with Crippen LogP contribution in [-0.2, 0) is 9.31 Å². The highest BCUT2D eigenvalue weighted by Crippen LogP contribution is 2.36. The van der Waals surface area contributed by atoms with Crippen LogP contribution in [-0.4, -0.2) is 29.4 Å². The Morgan fingerprint density at radius 1 is 1.16 bits per heavy atom. The van der Waals surface area contributed by atoms with Gasteiger partial charge in [-0.3, -0.25) is 4.98 Å². The monoisotopic (exact) mass is 263 g/mol. The van der Waals surface area contributed by atoms with Gasteiger partial charge in [-0.2, -0.15) is 0 Å². The first-order valence-corrected chi connectivity index (χ1v) is 6.70. The van der Waals surface area contributed by atoms with Crippen molar-refractivity contribution in [3.63, 3.8) is 0 Å². The lowest BCUT2D eigenvalue weighted by Gasteiger charge is -2.32. The van der Waals surface area contributed by atoms with Crippen molar-refractivity contribution < 1.29 is 14.0 Å². The molecule has 1 saturated heterocycles. The molecule has 0 unspecified atom stereocenters. The first-order valence-electron chi connectivity index (χ1n) is 6.70. The second kappa shape index (κ2) is 4.80. The van der Waals surface area contributed by atoms with E-state index in [-0.39, 0.29) is 17.3 Å². The average Bonchev–Trinajstić information content (AvgIpc) is 2.48. The molecule has 0 N–H and O–H groups in total. The predicted molar refractivity (Wildman–Crippen MR) is 75.7 cm³/mol. The lowest BCUT2D eigenvalue weighted by molar-refractivity contribution is 0.00578. The molecule has 1 aliphatic rings. The molecule has 0 atom stereocenters. The van der Waals surface area contributed by atoms with E-state index in [2.05, 4.69) is 4.98 Å². The van der Waals surface area contributed by atoms with E-state index >= 15 is 0 Å². The molecule has 0 amide bonds. The highest BCUT2D eigenvalue weighted by Gasteiger charge is 2.53. The molecule has 0 radical (unpaired) electrons. The second-order valence-corrected chi connectivity index (χ2v) is 6.14. The Kier molecular flexibility index (Phi) is 3.62. The second-order valence-electron chi connectivity index (χ2n) is 6.14. The number of nitrogens with zero attached hydrogens (tertiary/aromatic N) is 1. The molecule has 5 heteroatoms. The predicted octanol–water partition coefficient (Wildman–Crippen LogP) is 2.17. The Balaban J connectivity index is 2.29. The average molecular weight is 263 g/mol. The van der Waals surface area contributed by atoms with Gasteiger partial charge in [-0.05, 0) is 53.7 Å². The van der Waals surface area contributed by atoms with Crippen molar-refractivity contribution in [1.29, 1.82) is 0 Å². The van der Waals surface area contributed by atoms with Crippen molar-refractivity contribution in [3.05, 3.63) is 18.3 Å². The van der Waals surface area contributed by atoms with Gasteiger partial charge in [0.15, 0.2) is 0 Å². The number of hydrogen-bond acceptors (Lipinski definition) is 4. The zero-order chi connectivity index (χ0) is 14.3. The van der Waals surface area contributed by atoms with Crippen LogP contribution in [0.25, 0.3) is 0 Å². The summed E-state index contributed by atoms with van der Waals surface area (Å²) in [5.74, 6) is 0.719. The van der Waals surface area contributed by atoms with Crippen molar-refractivity contribution in [1.82, 2.24) is 4.98 Å². The van der Waals surface area contributed by atoms with E-state index in [4.69, 9.17) is 14.0 Å². The van der Waals surface area contributed by atoms with Crippen molar-refractivity contribution in [2.45, 2.75) is 58.8 Å². The van der Waals surface area contributed by atoms with Crippen LogP contribution in [0.1, 0.15) is 41.5 Å². The SMILES string of the molecule is CC(C)Oc1cccnc1B1OC(C)(C)C(C)(C)O1. The quantitative estimate of drug-likeness (QED) is 0.783. The fourth-order valence-electron chi connectivity index (χ4n) is 1.89. The summed E-state index contributed by atoms with van der Waals surface area (Å²) in [4.78, 5) is 4.37. The van der Waals surface area contributed by atoms with Gasteiger partial charge in [-0.1, -0.05) is 0 Å². The van der Waals surface area contributed by atoms with Crippen LogP contribution in [0.3, 0.4) is 0 Å². The Labute approximate surface area is 115 Å². The maximum atomic E-state index is 6.01. The molecule has 104 valence electrons. The summed E-state index contributed by atoms with van der Waals surface area (Å²) in [6.45, 7) is 12.1. The summed E-state index contributed by atoms with van der Waals surface area (Å²) in [7, 11) is -0.486. The molecule has 0 aliphatic carbocycles. The smallest absolute Gasteiger partial charge is 0.490 e. The third-order valence-electron chi connectivity index (χ3n) is 3.64. The van der Waals surface area contributed by atoms with Gasteiger partial charge in [0.25, 0.3) is 0 Å². The van der Waals surface area contributed by atoms with E-state index in [1.54, 1.807) is 6.20 Å². The Hall–Kier alpha value is -1.07. The molecule has 1 aromatic rings. The zero-order valence-corrected chi connectivity index (χ0v) is 12.6. The first kappa shape index (κ1) is 14.3. The van der Waals surface area contributed by atoms with E-state index in [1.165, 1.54) is 0 Å². The maximum Gasteiger partial charge on any atom is 0.518 e. The fraction of sp³-hybridized carbons (Fsp3) is 0.643. The Morgan fingerprint density at radius 2 is 1.74 bits per heavy atom. The highest BCUT2D eigenvalue weighted by atomic mass is 16.7. The summed E-state index contributed by atoms with van der Waals surface area (Å²) in [5, 5.41) is 0. The third-order valence-corrected chi connectivity index (χ3v) is 3.64. The van der Waals surface area contributed by atoms with Gasteiger partial charge in [0.05, 0.1) is 17.3 Å². The summed E-state index contributed by atoms with van der Waals surface area (Å²) in [6.07, 6.45) is 1.82. The topological polar surface area (TPSA) is 40.6 Å². The number of aromatic nitrogens is 1. The molecular formula is C14H22BNO3. The lowest BCUT2D eigenvalue weighted by atomic mass is 9.83. The minimum absolute atomic E-state index is 0.0883. The number of hydrogen-bond donors (Lipinski definition) is 0. The van der Waals surface area contributed by atoms with Gasteiger partial charge < -0.3 is 14.0 Å². The Bertz CT molecular complexity index is 444. The van der Waals surface area contributed by atoms with Crippen LogP contribution in [0.15, 0.2) is 18.3 Å². The van der Waals surface area contributed by atoms with Crippen LogP contribution < -0.4 is 10.3 Å². The van der Waals surface area contributed by atoms with Crippen LogP contribution >= 0.6 is 0 Å². The fourth-order valence-corrected chi connectivity index (χ4v) is 1.89. The van der Waals surface area contributed by atoms with Crippen LogP contribution in [0.5, 0.6) is 5.75 Å². The molecular weight excluding hydrogens is 241 g/mol. The van der Waals surface area contributed by atoms with Gasteiger partial charge in [-0.25, -0.2) is 0 Å². The molecule has 0 saturated carbocycles. The lowest BCUT2D eigenvalue weighted by Crippen LogP contribution is -2.41.